The Hall–Kier alpha value is -2.87. The van der Waals surface area contributed by atoms with E-state index in [1.54, 1.807) is 36.4 Å². The van der Waals surface area contributed by atoms with Crippen molar-refractivity contribution in [3.05, 3.63) is 89.4 Å². The van der Waals surface area contributed by atoms with Crippen molar-refractivity contribution in [1.29, 1.82) is 0 Å². The van der Waals surface area contributed by atoms with Gasteiger partial charge in [0.25, 0.3) is 0 Å². The van der Waals surface area contributed by atoms with Gasteiger partial charge in [-0.15, -0.1) is 0 Å². The van der Waals surface area contributed by atoms with Crippen molar-refractivity contribution in [1.82, 2.24) is 0 Å². The number of hydrogen-bond acceptors (Lipinski definition) is 6. The van der Waals surface area contributed by atoms with Crippen molar-refractivity contribution in [2.75, 3.05) is 36.2 Å². The molecular formula is C24H24ClN3O3S. The molecule has 0 aliphatic carbocycles. The van der Waals surface area contributed by atoms with E-state index in [4.69, 9.17) is 16.6 Å². The van der Waals surface area contributed by atoms with Crippen LogP contribution in [0.15, 0.2) is 88.8 Å². The zero-order valence-corrected chi connectivity index (χ0v) is 19.4. The summed E-state index contributed by atoms with van der Waals surface area (Å²) in [5.74, 6) is 0.566. The molecule has 0 amide bonds. The van der Waals surface area contributed by atoms with E-state index in [-0.39, 0.29) is 18.0 Å². The molecule has 0 saturated heterocycles. The van der Waals surface area contributed by atoms with Crippen molar-refractivity contribution in [2.45, 2.75) is 10.6 Å². The number of aliphatic imine (C=N–C) groups is 1. The third kappa shape index (κ3) is 4.80. The topological polar surface area (TPSA) is 73.2 Å². The van der Waals surface area contributed by atoms with E-state index < -0.39 is 15.6 Å². The van der Waals surface area contributed by atoms with Crippen LogP contribution in [0.1, 0.15) is 5.56 Å². The molecule has 1 heterocycles. The molecule has 1 aliphatic heterocycles. The average molecular weight is 470 g/mol. The van der Waals surface area contributed by atoms with Crippen LogP contribution in [0.5, 0.6) is 0 Å². The molecule has 3 aromatic rings. The smallest absolute Gasteiger partial charge is 0.194 e. The van der Waals surface area contributed by atoms with Crippen LogP contribution in [-0.2, 0) is 9.84 Å². The SMILES string of the molecule is CN(CC1(O)CN(c2ccc(Cl)cc2)C(c2ccc(S(C)(=O)=O)cc2)=N1)c1ccccc1. The molecule has 0 saturated carbocycles. The first-order chi connectivity index (χ1) is 15.1. The minimum Gasteiger partial charge on any atom is -0.370 e. The molecule has 1 atom stereocenters. The molecule has 4 rings (SSSR count). The van der Waals surface area contributed by atoms with E-state index in [0.717, 1.165) is 11.4 Å². The number of halogens is 1. The first-order valence-electron chi connectivity index (χ1n) is 10.1. The molecule has 0 fully saturated rings. The van der Waals surface area contributed by atoms with Crippen LogP contribution in [0.4, 0.5) is 11.4 Å². The summed E-state index contributed by atoms with van der Waals surface area (Å²) in [6.07, 6.45) is 1.17. The van der Waals surface area contributed by atoms with Gasteiger partial charge in [-0.1, -0.05) is 29.8 Å². The molecule has 1 aliphatic rings. The second-order valence-electron chi connectivity index (χ2n) is 7.97. The van der Waals surface area contributed by atoms with E-state index >= 15 is 0 Å². The zero-order chi connectivity index (χ0) is 22.9. The number of rotatable bonds is 6. The number of para-hydroxylation sites is 1. The Balaban J connectivity index is 1.70. The molecule has 3 aromatic carbocycles. The molecule has 0 radical (unpaired) electrons. The van der Waals surface area contributed by atoms with E-state index in [1.165, 1.54) is 6.26 Å². The second-order valence-corrected chi connectivity index (χ2v) is 10.4. The predicted molar refractivity (Wildman–Crippen MR) is 130 cm³/mol. The normalized spacial score (nSPS) is 18.5. The number of amidine groups is 1. The first kappa shape index (κ1) is 22.3. The maximum atomic E-state index is 11.8. The van der Waals surface area contributed by atoms with E-state index in [0.29, 0.717) is 16.4 Å². The fourth-order valence-electron chi connectivity index (χ4n) is 3.77. The third-order valence-electron chi connectivity index (χ3n) is 5.35. The maximum Gasteiger partial charge on any atom is 0.194 e. The standard InChI is InChI=1S/C24H24ClN3O3S/c1-27(20-6-4-3-5-7-20)16-24(29)17-28(21-12-10-19(25)11-13-21)23(26-24)18-8-14-22(15-9-18)32(2,30)31/h3-15,29H,16-17H2,1-2H3. The highest BCUT2D eigenvalue weighted by Crippen LogP contribution is 2.30. The van der Waals surface area contributed by atoms with Gasteiger partial charge in [-0.05, 0) is 60.7 Å². The van der Waals surface area contributed by atoms with Gasteiger partial charge in [0.05, 0.1) is 18.0 Å². The van der Waals surface area contributed by atoms with Gasteiger partial charge in [0, 0.05) is 35.3 Å². The number of hydrogen-bond donors (Lipinski definition) is 1. The molecule has 0 bridgehead atoms. The summed E-state index contributed by atoms with van der Waals surface area (Å²) in [6, 6.07) is 23.6. The molecule has 0 spiro atoms. The van der Waals surface area contributed by atoms with Gasteiger partial charge in [0.2, 0.25) is 0 Å². The lowest BCUT2D eigenvalue weighted by molar-refractivity contribution is 0.0753. The van der Waals surface area contributed by atoms with E-state index in [1.807, 2.05) is 59.3 Å². The molecular weight excluding hydrogens is 446 g/mol. The minimum absolute atomic E-state index is 0.233. The van der Waals surface area contributed by atoms with Crippen LogP contribution < -0.4 is 9.80 Å². The monoisotopic (exact) mass is 469 g/mol. The van der Waals surface area contributed by atoms with Gasteiger partial charge in [-0.2, -0.15) is 0 Å². The molecule has 6 nitrogen and oxygen atoms in total. The second kappa shape index (κ2) is 8.58. The van der Waals surface area contributed by atoms with E-state index in [9.17, 15) is 13.5 Å². The Labute approximate surface area is 193 Å². The van der Waals surface area contributed by atoms with Crippen LogP contribution in [0.3, 0.4) is 0 Å². The summed E-state index contributed by atoms with van der Waals surface area (Å²) in [5.41, 5.74) is 1.15. The number of anilines is 2. The molecule has 166 valence electrons. The number of sulfone groups is 1. The Morgan fingerprint density at radius 3 is 2.25 bits per heavy atom. The van der Waals surface area contributed by atoms with Crippen LogP contribution in [0, 0.1) is 0 Å². The van der Waals surface area contributed by atoms with Crippen LogP contribution in [0.2, 0.25) is 5.02 Å². The number of β-amino-alcohol motifs (C(OH)–C–C–N with tert-alkyl or cyclic N) is 1. The quantitative estimate of drug-likeness (QED) is 0.594. The lowest BCUT2D eigenvalue weighted by Gasteiger charge is -2.29. The van der Waals surface area contributed by atoms with Crippen LogP contribution >= 0.6 is 11.6 Å². The summed E-state index contributed by atoms with van der Waals surface area (Å²) in [4.78, 5) is 8.81. The molecule has 8 heteroatoms. The van der Waals surface area contributed by atoms with Crippen molar-refractivity contribution >= 4 is 38.6 Å². The third-order valence-corrected chi connectivity index (χ3v) is 6.73. The fraction of sp³-hybridized carbons (Fsp3) is 0.208. The van der Waals surface area contributed by atoms with Crippen molar-refractivity contribution < 1.29 is 13.5 Å². The Kier molecular flexibility index (Phi) is 5.99. The predicted octanol–water partition coefficient (Wildman–Crippen LogP) is 3.84. The Morgan fingerprint density at radius 2 is 1.66 bits per heavy atom. The highest BCUT2D eigenvalue weighted by Gasteiger charge is 2.39. The summed E-state index contributed by atoms with van der Waals surface area (Å²) in [7, 11) is -1.40. The largest absolute Gasteiger partial charge is 0.370 e. The number of likely N-dealkylation sites (N-methyl/N-ethyl adjacent to an activating group) is 1. The van der Waals surface area contributed by atoms with Crippen molar-refractivity contribution in [2.24, 2.45) is 4.99 Å². The maximum absolute atomic E-state index is 11.8. The lowest BCUT2D eigenvalue weighted by Crippen LogP contribution is -2.44. The number of aliphatic hydroxyl groups is 1. The van der Waals surface area contributed by atoms with Gasteiger partial charge in [0.15, 0.2) is 15.6 Å². The Morgan fingerprint density at radius 1 is 1.03 bits per heavy atom. The summed E-state index contributed by atoms with van der Waals surface area (Å²) in [6.45, 7) is 0.529. The lowest BCUT2D eigenvalue weighted by atomic mass is 10.1. The summed E-state index contributed by atoms with van der Waals surface area (Å²) in [5, 5.41) is 12.0. The summed E-state index contributed by atoms with van der Waals surface area (Å²) < 4.78 is 23.7. The first-order valence-corrected chi connectivity index (χ1v) is 12.3. The Bertz CT molecular complexity index is 1230. The molecule has 0 aromatic heterocycles. The van der Waals surface area contributed by atoms with E-state index in [2.05, 4.69) is 0 Å². The zero-order valence-electron chi connectivity index (χ0n) is 17.8. The fourth-order valence-corrected chi connectivity index (χ4v) is 4.52. The van der Waals surface area contributed by atoms with Gasteiger partial charge in [0.1, 0.15) is 5.84 Å². The summed E-state index contributed by atoms with van der Waals surface area (Å²) >= 11 is 6.06. The molecule has 32 heavy (non-hydrogen) atoms. The molecule has 1 unspecified atom stereocenters. The number of nitrogens with zero attached hydrogens (tertiary/aromatic N) is 3. The minimum atomic E-state index is -3.31. The average Bonchev–Trinajstić information content (AvgIpc) is 3.11. The molecule has 1 N–H and O–H groups in total. The number of benzene rings is 3. The highest BCUT2D eigenvalue weighted by molar-refractivity contribution is 7.90. The highest BCUT2D eigenvalue weighted by atomic mass is 35.5. The van der Waals surface area contributed by atoms with Gasteiger partial charge >= 0.3 is 0 Å². The van der Waals surface area contributed by atoms with Crippen LogP contribution in [-0.4, -0.2) is 51.5 Å². The van der Waals surface area contributed by atoms with Gasteiger partial charge < -0.3 is 14.9 Å². The van der Waals surface area contributed by atoms with Crippen LogP contribution in [0.25, 0.3) is 0 Å². The van der Waals surface area contributed by atoms with Gasteiger partial charge in [-0.25, -0.2) is 13.4 Å². The van der Waals surface area contributed by atoms with Crippen molar-refractivity contribution in [3.63, 3.8) is 0 Å². The van der Waals surface area contributed by atoms with Gasteiger partial charge in [-0.3, -0.25) is 0 Å². The van der Waals surface area contributed by atoms with Crippen molar-refractivity contribution in [3.8, 4) is 0 Å².